The van der Waals surface area contributed by atoms with Crippen LogP contribution in [-0.4, -0.2) is 28.6 Å². The smallest absolute Gasteiger partial charge is 0.339 e. The van der Waals surface area contributed by atoms with E-state index in [9.17, 15) is 18.3 Å². The highest BCUT2D eigenvalue weighted by molar-refractivity contribution is 7.90. The molecule has 170 valence electrons. The lowest BCUT2D eigenvalue weighted by atomic mass is 10.0. The van der Waals surface area contributed by atoms with E-state index in [2.05, 4.69) is 0 Å². The molecule has 2 N–H and O–H groups in total. The molecule has 1 aromatic heterocycles. The molecule has 0 unspecified atom stereocenters. The van der Waals surface area contributed by atoms with Gasteiger partial charge >= 0.3 is 5.97 Å². The maximum absolute atomic E-state index is 13.7. The van der Waals surface area contributed by atoms with E-state index in [-0.39, 0.29) is 28.5 Å². The molecule has 0 bridgehead atoms. The van der Waals surface area contributed by atoms with Crippen molar-refractivity contribution in [3.8, 4) is 5.75 Å². The monoisotopic (exact) mass is 483 g/mol. The Morgan fingerprint density at radius 3 is 2.30 bits per heavy atom. The summed E-state index contributed by atoms with van der Waals surface area (Å²) in [5, 5.41) is 20.4. The molecule has 4 rings (SSSR count). The standard InChI is InChI=1S/C25H22ClNO5S/c1-15(2)17-4-7-21(8-5-17)33(31,32)27-20(14-18-13-19(26)6-10-23(18)27)11-16-3-9-22(25(29)30)24(28)12-16/h3-10,12-15,28H,11H2,1-2H3,(H,29,30). The minimum absolute atomic E-state index is 0.156. The number of carbonyl (C=O) groups is 1. The fraction of sp³-hybridized carbons (Fsp3) is 0.160. The Labute approximate surface area is 196 Å². The number of aromatic hydroxyl groups is 1. The van der Waals surface area contributed by atoms with Crippen molar-refractivity contribution in [1.29, 1.82) is 0 Å². The molecule has 3 aromatic carbocycles. The number of halogens is 1. The van der Waals surface area contributed by atoms with Gasteiger partial charge in [0.15, 0.2) is 0 Å². The van der Waals surface area contributed by atoms with Gasteiger partial charge in [0.25, 0.3) is 10.0 Å². The summed E-state index contributed by atoms with van der Waals surface area (Å²) in [6, 6.07) is 17.7. The summed E-state index contributed by atoms with van der Waals surface area (Å²) in [5.41, 5.74) is 2.32. The summed E-state index contributed by atoms with van der Waals surface area (Å²) in [6.07, 6.45) is 0.156. The average Bonchev–Trinajstić information content (AvgIpc) is 3.11. The second kappa shape index (κ2) is 8.57. The number of aromatic nitrogens is 1. The van der Waals surface area contributed by atoms with Crippen molar-refractivity contribution in [3.63, 3.8) is 0 Å². The van der Waals surface area contributed by atoms with Crippen LogP contribution in [0.4, 0.5) is 0 Å². The molecule has 0 aliphatic heterocycles. The topological polar surface area (TPSA) is 96.6 Å². The summed E-state index contributed by atoms with van der Waals surface area (Å²) in [5.74, 6) is -1.35. The van der Waals surface area contributed by atoms with Crippen LogP contribution in [0.1, 0.15) is 46.9 Å². The predicted molar refractivity (Wildman–Crippen MR) is 128 cm³/mol. The SMILES string of the molecule is CC(C)c1ccc(S(=O)(=O)n2c(Cc3ccc(C(=O)O)c(O)c3)cc3cc(Cl)ccc32)cc1. The molecule has 4 aromatic rings. The molecule has 0 fully saturated rings. The Bertz CT molecular complexity index is 1470. The van der Waals surface area contributed by atoms with Gasteiger partial charge in [-0.15, -0.1) is 0 Å². The van der Waals surface area contributed by atoms with Crippen LogP contribution in [0.2, 0.25) is 5.02 Å². The maximum Gasteiger partial charge on any atom is 0.339 e. The molecule has 6 nitrogen and oxygen atoms in total. The van der Waals surface area contributed by atoms with Crippen molar-refractivity contribution in [2.75, 3.05) is 0 Å². The van der Waals surface area contributed by atoms with Crippen LogP contribution in [0.5, 0.6) is 5.75 Å². The molecule has 0 atom stereocenters. The molecule has 0 spiro atoms. The van der Waals surface area contributed by atoms with Crippen LogP contribution in [0.15, 0.2) is 71.6 Å². The van der Waals surface area contributed by atoms with Gasteiger partial charge in [-0.05, 0) is 65.6 Å². The Morgan fingerprint density at radius 2 is 1.70 bits per heavy atom. The van der Waals surface area contributed by atoms with Crippen LogP contribution in [0.3, 0.4) is 0 Å². The van der Waals surface area contributed by atoms with E-state index < -0.39 is 16.0 Å². The minimum Gasteiger partial charge on any atom is -0.507 e. The van der Waals surface area contributed by atoms with Crippen molar-refractivity contribution in [2.45, 2.75) is 31.1 Å². The van der Waals surface area contributed by atoms with Crippen LogP contribution in [-0.2, 0) is 16.4 Å². The molecule has 8 heteroatoms. The molecule has 1 heterocycles. The number of nitrogens with zero attached hydrogens (tertiary/aromatic N) is 1. The number of benzene rings is 3. The maximum atomic E-state index is 13.7. The van der Waals surface area contributed by atoms with Crippen molar-refractivity contribution in [1.82, 2.24) is 3.97 Å². The number of aromatic carboxylic acids is 1. The number of hydrogen-bond acceptors (Lipinski definition) is 4. The van der Waals surface area contributed by atoms with Crippen LogP contribution < -0.4 is 0 Å². The van der Waals surface area contributed by atoms with Gasteiger partial charge < -0.3 is 10.2 Å². The zero-order valence-corrected chi connectivity index (χ0v) is 19.6. The van der Waals surface area contributed by atoms with E-state index >= 15 is 0 Å². The van der Waals surface area contributed by atoms with Gasteiger partial charge in [0.05, 0.1) is 10.4 Å². The first-order chi connectivity index (χ1) is 15.6. The average molecular weight is 484 g/mol. The number of hydrogen-bond donors (Lipinski definition) is 2. The molecule has 0 saturated heterocycles. The Balaban J connectivity index is 1.86. The lowest BCUT2D eigenvalue weighted by Gasteiger charge is -2.14. The van der Waals surface area contributed by atoms with Gasteiger partial charge in [-0.1, -0.05) is 43.6 Å². The Morgan fingerprint density at radius 1 is 1.00 bits per heavy atom. The number of rotatable bonds is 6. The molecular formula is C25H22ClNO5S. The molecular weight excluding hydrogens is 462 g/mol. The lowest BCUT2D eigenvalue weighted by Crippen LogP contribution is -2.16. The van der Waals surface area contributed by atoms with Gasteiger partial charge in [-0.3, -0.25) is 0 Å². The number of phenols is 1. The van der Waals surface area contributed by atoms with E-state index in [1.54, 1.807) is 42.5 Å². The molecule has 0 saturated carbocycles. The van der Waals surface area contributed by atoms with Gasteiger partial charge in [0.1, 0.15) is 11.3 Å². The van der Waals surface area contributed by atoms with E-state index in [4.69, 9.17) is 16.7 Å². The third-order valence-electron chi connectivity index (χ3n) is 5.55. The van der Waals surface area contributed by atoms with E-state index in [0.717, 1.165) is 5.56 Å². The third-order valence-corrected chi connectivity index (χ3v) is 7.57. The molecule has 0 aliphatic rings. The highest BCUT2D eigenvalue weighted by Gasteiger charge is 2.24. The second-order valence-electron chi connectivity index (χ2n) is 8.17. The molecule has 0 aliphatic carbocycles. The number of fused-ring (bicyclic) bond motifs is 1. The molecule has 0 amide bonds. The first-order valence-corrected chi connectivity index (χ1v) is 12.1. The normalized spacial score (nSPS) is 11.9. The summed E-state index contributed by atoms with van der Waals surface area (Å²) in [6.45, 7) is 4.08. The number of carboxylic acids is 1. The highest BCUT2D eigenvalue weighted by Crippen LogP contribution is 2.31. The van der Waals surface area contributed by atoms with Gasteiger partial charge in [0, 0.05) is 22.5 Å². The first kappa shape index (κ1) is 22.9. The van der Waals surface area contributed by atoms with Gasteiger partial charge in [0.2, 0.25) is 0 Å². The van der Waals surface area contributed by atoms with E-state index in [1.807, 2.05) is 26.0 Å². The zero-order chi connectivity index (χ0) is 23.9. The third kappa shape index (κ3) is 4.34. The van der Waals surface area contributed by atoms with Crippen molar-refractivity contribution in [2.24, 2.45) is 0 Å². The Kier molecular flexibility index (Phi) is 5.95. The quantitative estimate of drug-likeness (QED) is 0.369. The van der Waals surface area contributed by atoms with Crippen molar-refractivity contribution < 1.29 is 23.4 Å². The number of carboxylic acid groups (broad SMARTS) is 1. The van der Waals surface area contributed by atoms with Crippen molar-refractivity contribution in [3.05, 3.63) is 94.1 Å². The summed E-state index contributed by atoms with van der Waals surface area (Å²) in [7, 11) is -3.94. The molecule has 0 radical (unpaired) electrons. The fourth-order valence-corrected chi connectivity index (χ4v) is 5.56. The van der Waals surface area contributed by atoms with E-state index in [1.165, 1.54) is 16.1 Å². The summed E-state index contributed by atoms with van der Waals surface area (Å²) >= 11 is 6.14. The van der Waals surface area contributed by atoms with Crippen LogP contribution >= 0.6 is 11.6 Å². The largest absolute Gasteiger partial charge is 0.507 e. The molecule has 33 heavy (non-hydrogen) atoms. The van der Waals surface area contributed by atoms with Gasteiger partial charge in [-0.25, -0.2) is 17.2 Å². The summed E-state index contributed by atoms with van der Waals surface area (Å²) in [4.78, 5) is 11.4. The zero-order valence-electron chi connectivity index (χ0n) is 18.0. The van der Waals surface area contributed by atoms with E-state index in [0.29, 0.717) is 27.2 Å². The summed E-state index contributed by atoms with van der Waals surface area (Å²) < 4.78 is 28.7. The fourth-order valence-electron chi connectivity index (χ4n) is 3.83. The van der Waals surface area contributed by atoms with Crippen LogP contribution in [0, 0.1) is 0 Å². The van der Waals surface area contributed by atoms with Crippen molar-refractivity contribution >= 4 is 38.5 Å². The van der Waals surface area contributed by atoms with Gasteiger partial charge in [-0.2, -0.15) is 0 Å². The predicted octanol–water partition coefficient (Wildman–Crippen LogP) is 5.65. The van der Waals surface area contributed by atoms with Crippen LogP contribution in [0.25, 0.3) is 10.9 Å². The Hall–Kier alpha value is -3.29. The lowest BCUT2D eigenvalue weighted by molar-refractivity contribution is 0.0693. The second-order valence-corrected chi connectivity index (χ2v) is 10.4. The highest BCUT2D eigenvalue weighted by atomic mass is 35.5. The minimum atomic E-state index is -3.94. The first-order valence-electron chi connectivity index (χ1n) is 10.3.